The standard InChI is InChI=1S/C18H17NO/c1-2-4-14(5-3-1)13-20-17-8-9-18-15(12-17)10-11-19(18)16-6-7-16/h1-5,8-12,16H,6-7,13H2. The minimum atomic E-state index is 0.621. The molecule has 0 saturated heterocycles. The van der Waals surface area contributed by atoms with Crippen molar-refractivity contribution >= 4 is 10.9 Å². The predicted molar refractivity (Wildman–Crippen MR) is 81.0 cm³/mol. The van der Waals surface area contributed by atoms with E-state index in [1.807, 2.05) is 18.2 Å². The van der Waals surface area contributed by atoms with Crippen LogP contribution < -0.4 is 4.74 Å². The summed E-state index contributed by atoms with van der Waals surface area (Å²) in [4.78, 5) is 0. The van der Waals surface area contributed by atoms with E-state index in [9.17, 15) is 0 Å². The molecule has 0 atom stereocenters. The average molecular weight is 263 g/mol. The number of aromatic nitrogens is 1. The second-order valence-electron chi connectivity index (χ2n) is 5.45. The summed E-state index contributed by atoms with van der Waals surface area (Å²) in [6.45, 7) is 0.621. The zero-order valence-corrected chi connectivity index (χ0v) is 11.3. The smallest absolute Gasteiger partial charge is 0.120 e. The first-order chi connectivity index (χ1) is 9.90. The highest BCUT2D eigenvalue weighted by atomic mass is 16.5. The third-order valence-corrected chi connectivity index (χ3v) is 3.88. The van der Waals surface area contributed by atoms with Gasteiger partial charge >= 0.3 is 0 Å². The van der Waals surface area contributed by atoms with Crippen molar-refractivity contribution in [3.8, 4) is 5.75 Å². The minimum absolute atomic E-state index is 0.621. The minimum Gasteiger partial charge on any atom is -0.489 e. The maximum atomic E-state index is 5.88. The van der Waals surface area contributed by atoms with E-state index < -0.39 is 0 Å². The normalized spacial score (nSPS) is 14.6. The van der Waals surface area contributed by atoms with Gasteiger partial charge in [-0.05, 0) is 42.7 Å². The number of rotatable bonds is 4. The highest BCUT2D eigenvalue weighted by Crippen LogP contribution is 2.38. The largest absolute Gasteiger partial charge is 0.489 e. The molecular weight excluding hydrogens is 246 g/mol. The van der Waals surface area contributed by atoms with E-state index in [-0.39, 0.29) is 0 Å². The van der Waals surface area contributed by atoms with Crippen LogP contribution in [0.5, 0.6) is 5.75 Å². The third kappa shape index (κ3) is 2.18. The molecule has 0 bridgehead atoms. The van der Waals surface area contributed by atoms with Gasteiger partial charge in [-0.25, -0.2) is 0 Å². The van der Waals surface area contributed by atoms with Crippen molar-refractivity contribution in [2.75, 3.05) is 0 Å². The van der Waals surface area contributed by atoms with Crippen molar-refractivity contribution in [2.24, 2.45) is 0 Å². The van der Waals surface area contributed by atoms with Gasteiger partial charge in [0.25, 0.3) is 0 Å². The van der Waals surface area contributed by atoms with E-state index in [0.29, 0.717) is 6.61 Å². The lowest BCUT2D eigenvalue weighted by Gasteiger charge is -2.07. The van der Waals surface area contributed by atoms with Gasteiger partial charge in [0.1, 0.15) is 12.4 Å². The molecule has 1 aliphatic carbocycles. The molecule has 2 nitrogen and oxygen atoms in total. The number of fused-ring (bicyclic) bond motifs is 1. The van der Waals surface area contributed by atoms with E-state index in [0.717, 1.165) is 11.8 Å². The van der Waals surface area contributed by atoms with Crippen LogP contribution in [0.3, 0.4) is 0 Å². The number of nitrogens with zero attached hydrogens (tertiary/aromatic N) is 1. The number of hydrogen-bond donors (Lipinski definition) is 0. The Balaban J connectivity index is 1.55. The first-order valence-electron chi connectivity index (χ1n) is 7.17. The molecule has 2 heteroatoms. The summed E-state index contributed by atoms with van der Waals surface area (Å²) >= 11 is 0. The van der Waals surface area contributed by atoms with E-state index >= 15 is 0 Å². The van der Waals surface area contributed by atoms with Crippen molar-refractivity contribution < 1.29 is 4.74 Å². The fourth-order valence-corrected chi connectivity index (χ4v) is 2.64. The monoisotopic (exact) mass is 263 g/mol. The van der Waals surface area contributed by atoms with Crippen LogP contribution in [-0.4, -0.2) is 4.57 Å². The van der Waals surface area contributed by atoms with Gasteiger partial charge in [-0.1, -0.05) is 30.3 Å². The summed E-state index contributed by atoms with van der Waals surface area (Å²) < 4.78 is 8.26. The van der Waals surface area contributed by atoms with E-state index in [2.05, 4.69) is 47.2 Å². The van der Waals surface area contributed by atoms with Gasteiger partial charge in [-0.2, -0.15) is 0 Å². The molecule has 2 aromatic carbocycles. The fourth-order valence-electron chi connectivity index (χ4n) is 2.64. The van der Waals surface area contributed by atoms with Gasteiger partial charge in [0.2, 0.25) is 0 Å². The predicted octanol–water partition coefficient (Wildman–Crippen LogP) is 4.56. The molecule has 100 valence electrons. The second-order valence-corrected chi connectivity index (χ2v) is 5.45. The van der Waals surface area contributed by atoms with Crippen LogP contribution in [0.1, 0.15) is 24.4 Å². The fraction of sp³-hybridized carbons (Fsp3) is 0.222. The summed E-state index contributed by atoms with van der Waals surface area (Å²) in [5.74, 6) is 0.940. The Kier molecular flexibility index (Phi) is 2.73. The lowest BCUT2D eigenvalue weighted by atomic mass is 10.2. The Morgan fingerprint density at radius 2 is 1.85 bits per heavy atom. The molecule has 20 heavy (non-hydrogen) atoms. The Bertz CT molecular complexity index is 726. The number of hydrogen-bond acceptors (Lipinski definition) is 1. The first-order valence-corrected chi connectivity index (χ1v) is 7.17. The lowest BCUT2D eigenvalue weighted by Crippen LogP contribution is -1.95. The lowest BCUT2D eigenvalue weighted by molar-refractivity contribution is 0.306. The van der Waals surface area contributed by atoms with Crippen LogP contribution in [-0.2, 0) is 6.61 Å². The first kappa shape index (κ1) is 11.6. The molecule has 1 heterocycles. The molecule has 0 spiro atoms. The average Bonchev–Trinajstić information content (AvgIpc) is 3.26. The Morgan fingerprint density at radius 1 is 1.00 bits per heavy atom. The van der Waals surface area contributed by atoms with Crippen LogP contribution >= 0.6 is 0 Å². The van der Waals surface area contributed by atoms with Gasteiger partial charge in [-0.3, -0.25) is 0 Å². The van der Waals surface area contributed by atoms with Gasteiger partial charge < -0.3 is 9.30 Å². The van der Waals surface area contributed by atoms with E-state index in [4.69, 9.17) is 4.74 Å². The van der Waals surface area contributed by atoms with Crippen molar-refractivity contribution in [1.82, 2.24) is 4.57 Å². The van der Waals surface area contributed by atoms with Crippen molar-refractivity contribution in [1.29, 1.82) is 0 Å². The van der Waals surface area contributed by atoms with Crippen LogP contribution in [0, 0.1) is 0 Å². The molecule has 1 fully saturated rings. The zero-order valence-electron chi connectivity index (χ0n) is 11.3. The van der Waals surface area contributed by atoms with Gasteiger partial charge in [0.05, 0.1) is 0 Å². The molecule has 1 saturated carbocycles. The molecule has 1 aromatic heterocycles. The molecule has 0 radical (unpaired) electrons. The van der Waals surface area contributed by atoms with Gasteiger partial charge in [0, 0.05) is 23.1 Å². The van der Waals surface area contributed by atoms with Crippen molar-refractivity contribution in [2.45, 2.75) is 25.5 Å². The Morgan fingerprint density at radius 3 is 2.65 bits per heavy atom. The maximum Gasteiger partial charge on any atom is 0.120 e. The number of benzene rings is 2. The summed E-state index contributed by atoms with van der Waals surface area (Å²) in [6.07, 6.45) is 4.83. The second kappa shape index (κ2) is 4.71. The Hall–Kier alpha value is -2.22. The summed E-state index contributed by atoms with van der Waals surface area (Å²) in [5.41, 5.74) is 2.52. The molecule has 1 aliphatic rings. The molecule has 0 unspecified atom stereocenters. The van der Waals surface area contributed by atoms with Crippen molar-refractivity contribution in [3.63, 3.8) is 0 Å². The summed E-state index contributed by atoms with van der Waals surface area (Å²) in [7, 11) is 0. The highest BCUT2D eigenvalue weighted by Gasteiger charge is 2.24. The summed E-state index contributed by atoms with van der Waals surface area (Å²) in [6, 6.07) is 19.6. The van der Waals surface area contributed by atoms with Crippen molar-refractivity contribution in [3.05, 3.63) is 66.4 Å². The molecule has 0 aliphatic heterocycles. The summed E-state index contributed by atoms with van der Waals surface area (Å²) in [5, 5.41) is 1.27. The molecule has 0 amide bonds. The number of ether oxygens (including phenoxy) is 1. The van der Waals surface area contributed by atoms with Crippen LogP contribution in [0.4, 0.5) is 0 Å². The highest BCUT2D eigenvalue weighted by molar-refractivity contribution is 5.82. The zero-order chi connectivity index (χ0) is 13.4. The van der Waals surface area contributed by atoms with Crippen LogP contribution in [0.2, 0.25) is 0 Å². The third-order valence-electron chi connectivity index (χ3n) is 3.88. The molecule has 3 aromatic rings. The Labute approximate surface area is 118 Å². The van der Waals surface area contributed by atoms with Gasteiger partial charge in [-0.15, -0.1) is 0 Å². The van der Waals surface area contributed by atoms with Gasteiger partial charge in [0.15, 0.2) is 0 Å². The molecular formula is C18H17NO. The van der Waals surface area contributed by atoms with E-state index in [1.54, 1.807) is 0 Å². The van der Waals surface area contributed by atoms with Crippen LogP contribution in [0.15, 0.2) is 60.8 Å². The maximum absolute atomic E-state index is 5.88. The quantitative estimate of drug-likeness (QED) is 0.673. The topological polar surface area (TPSA) is 14.2 Å². The SMILES string of the molecule is c1ccc(COc2ccc3c(ccn3C3CC3)c2)cc1. The molecule has 0 N–H and O–H groups in total. The van der Waals surface area contributed by atoms with E-state index in [1.165, 1.54) is 29.3 Å². The van der Waals surface area contributed by atoms with Crippen LogP contribution in [0.25, 0.3) is 10.9 Å². The molecule has 4 rings (SSSR count).